The maximum Gasteiger partial charge on any atom is 0.236 e. The lowest BCUT2D eigenvalue weighted by Crippen LogP contribution is -2.21. The zero-order valence-electron chi connectivity index (χ0n) is 13.0. The van der Waals surface area contributed by atoms with Gasteiger partial charge in [-0.1, -0.05) is 6.07 Å². The minimum absolute atomic E-state index is 0.0473. The first-order valence-corrected chi connectivity index (χ1v) is 8.59. The Morgan fingerprint density at radius 1 is 0.913 bits per heavy atom. The zero-order chi connectivity index (χ0) is 16.7. The SMILES string of the molecule is COc1ccc(OCCS(=O)(=O)Nc2cccc(OC)c2)cc1. The number of methoxy groups -OCH3 is 2. The van der Waals surface area contributed by atoms with Crippen LogP contribution in [0.3, 0.4) is 0 Å². The second-order valence-electron chi connectivity index (χ2n) is 4.68. The number of nitrogens with one attached hydrogen (secondary N) is 1. The van der Waals surface area contributed by atoms with Gasteiger partial charge < -0.3 is 14.2 Å². The van der Waals surface area contributed by atoms with Gasteiger partial charge in [0.1, 0.15) is 29.6 Å². The molecule has 0 heterocycles. The van der Waals surface area contributed by atoms with E-state index in [2.05, 4.69) is 4.72 Å². The number of benzene rings is 2. The monoisotopic (exact) mass is 337 g/mol. The summed E-state index contributed by atoms with van der Waals surface area (Å²) in [5, 5.41) is 0. The van der Waals surface area contributed by atoms with Crippen LogP contribution in [0.5, 0.6) is 17.2 Å². The van der Waals surface area contributed by atoms with Gasteiger partial charge in [0.15, 0.2) is 0 Å². The molecule has 23 heavy (non-hydrogen) atoms. The summed E-state index contributed by atoms with van der Waals surface area (Å²) in [7, 11) is -0.398. The van der Waals surface area contributed by atoms with Crippen LogP contribution in [0.1, 0.15) is 0 Å². The first-order valence-electron chi connectivity index (χ1n) is 6.94. The highest BCUT2D eigenvalue weighted by Crippen LogP contribution is 2.19. The summed E-state index contributed by atoms with van der Waals surface area (Å²) in [6.45, 7) is 0.0473. The molecule has 0 spiro atoms. The molecular formula is C16H19NO5S. The molecule has 0 radical (unpaired) electrons. The molecule has 0 aliphatic carbocycles. The van der Waals surface area contributed by atoms with Crippen LogP contribution >= 0.6 is 0 Å². The molecule has 0 fully saturated rings. The van der Waals surface area contributed by atoms with Crippen molar-refractivity contribution in [1.82, 2.24) is 0 Å². The summed E-state index contributed by atoms with van der Waals surface area (Å²) >= 11 is 0. The average molecular weight is 337 g/mol. The third kappa shape index (κ3) is 5.37. The van der Waals surface area contributed by atoms with E-state index in [9.17, 15) is 8.42 Å². The molecule has 0 unspecified atom stereocenters. The number of sulfonamides is 1. The summed E-state index contributed by atoms with van der Waals surface area (Å²) in [6, 6.07) is 13.7. The Morgan fingerprint density at radius 3 is 2.22 bits per heavy atom. The van der Waals surface area contributed by atoms with Crippen LogP contribution in [0.25, 0.3) is 0 Å². The molecule has 2 aromatic rings. The Bertz CT molecular complexity index is 728. The Kier molecular flexibility index (Phi) is 5.70. The third-order valence-corrected chi connectivity index (χ3v) is 4.27. The number of anilines is 1. The lowest BCUT2D eigenvalue weighted by molar-refractivity contribution is 0.340. The molecule has 2 aromatic carbocycles. The smallest absolute Gasteiger partial charge is 0.236 e. The lowest BCUT2D eigenvalue weighted by Gasteiger charge is -2.10. The van der Waals surface area contributed by atoms with E-state index < -0.39 is 10.0 Å². The van der Waals surface area contributed by atoms with Gasteiger partial charge in [-0.2, -0.15) is 0 Å². The van der Waals surface area contributed by atoms with Crippen molar-refractivity contribution < 1.29 is 22.6 Å². The van der Waals surface area contributed by atoms with Crippen LogP contribution < -0.4 is 18.9 Å². The van der Waals surface area contributed by atoms with Gasteiger partial charge in [-0.15, -0.1) is 0 Å². The van der Waals surface area contributed by atoms with E-state index in [1.165, 1.54) is 7.11 Å². The van der Waals surface area contributed by atoms with Crippen molar-refractivity contribution in [3.63, 3.8) is 0 Å². The average Bonchev–Trinajstić information content (AvgIpc) is 2.55. The highest BCUT2D eigenvalue weighted by molar-refractivity contribution is 7.92. The van der Waals surface area contributed by atoms with Crippen LogP contribution in [0.2, 0.25) is 0 Å². The number of rotatable bonds is 8. The summed E-state index contributed by atoms with van der Waals surface area (Å²) < 4.78 is 42.1. The minimum atomic E-state index is -3.50. The highest BCUT2D eigenvalue weighted by Gasteiger charge is 2.11. The third-order valence-electron chi connectivity index (χ3n) is 3.02. The summed E-state index contributed by atoms with van der Waals surface area (Å²) in [6.07, 6.45) is 0. The van der Waals surface area contributed by atoms with E-state index in [1.807, 2.05) is 0 Å². The molecule has 0 saturated heterocycles. The first-order chi connectivity index (χ1) is 11.0. The van der Waals surface area contributed by atoms with Crippen molar-refractivity contribution in [3.8, 4) is 17.2 Å². The van der Waals surface area contributed by atoms with Gasteiger partial charge in [-0.05, 0) is 36.4 Å². The fraction of sp³-hybridized carbons (Fsp3) is 0.250. The number of hydrogen-bond acceptors (Lipinski definition) is 5. The van der Waals surface area contributed by atoms with E-state index in [-0.39, 0.29) is 12.4 Å². The zero-order valence-corrected chi connectivity index (χ0v) is 13.8. The molecule has 2 rings (SSSR count). The molecule has 124 valence electrons. The predicted molar refractivity (Wildman–Crippen MR) is 88.9 cm³/mol. The molecule has 0 bridgehead atoms. The maximum absolute atomic E-state index is 12.0. The van der Waals surface area contributed by atoms with Crippen molar-refractivity contribution in [2.75, 3.05) is 31.3 Å². The summed E-state index contributed by atoms with van der Waals surface area (Å²) in [5.41, 5.74) is 0.453. The first kappa shape index (κ1) is 17.0. The van der Waals surface area contributed by atoms with Gasteiger partial charge in [-0.25, -0.2) is 8.42 Å². The van der Waals surface area contributed by atoms with Crippen LogP contribution in [0.15, 0.2) is 48.5 Å². The molecule has 0 aromatic heterocycles. The van der Waals surface area contributed by atoms with Gasteiger partial charge in [0.05, 0.1) is 19.9 Å². The molecular weight excluding hydrogens is 318 g/mol. The molecule has 0 amide bonds. The maximum atomic E-state index is 12.0. The van der Waals surface area contributed by atoms with Crippen molar-refractivity contribution in [2.45, 2.75) is 0 Å². The van der Waals surface area contributed by atoms with E-state index in [4.69, 9.17) is 14.2 Å². The van der Waals surface area contributed by atoms with Crippen molar-refractivity contribution in [3.05, 3.63) is 48.5 Å². The molecule has 6 nitrogen and oxygen atoms in total. The fourth-order valence-corrected chi connectivity index (χ4v) is 2.75. The van der Waals surface area contributed by atoms with Crippen molar-refractivity contribution in [1.29, 1.82) is 0 Å². The van der Waals surface area contributed by atoms with Crippen molar-refractivity contribution >= 4 is 15.7 Å². The molecule has 0 saturated carbocycles. The lowest BCUT2D eigenvalue weighted by atomic mass is 10.3. The fourth-order valence-electron chi connectivity index (χ4n) is 1.86. The standard InChI is InChI=1S/C16H19NO5S/c1-20-14-6-8-15(9-7-14)22-10-11-23(18,19)17-13-4-3-5-16(12-13)21-2/h3-9,12,17H,10-11H2,1-2H3. The topological polar surface area (TPSA) is 73.9 Å². The Balaban J connectivity index is 1.87. The number of hydrogen-bond donors (Lipinski definition) is 1. The van der Waals surface area contributed by atoms with Gasteiger partial charge in [0.2, 0.25) is 10.0 Å². The van der Waals surface area contributed by atoms with Crippen LogP contribution in [0.4, 0.5) is 5.69 Å². The van der Waals surface area contributed by atoms with Gasteiger partial charge in [-0.3, -0.25) is 4.72 Å². The summed E-state index contributed by atoms with van der Waals surface area (Å²) in [5.74, 6) is 1.72. The van der Waals surface area contributed by atoms with Crippen LogP contribution in [-0.2, 0) is 10.0 Å². The molecule has 1 N–H and O–H groups in total. The van der Waals surface area contributed by atoms with E-state index in [0.29, 0.717) is 22.9 Å². The second kappa shape index (κ2) is 7.73. The molecule has 0 atom stereocenters. The highest BCUT2D eigenvalue weighted by atomic mass is 32.2. The van der Waals surface area contributed by atoms with E-state index >= 15 is 0 Å². The quantitative estimate of drug-likeness (QED) is 0.801. The normalized spacial score (nSPS) is 10.9. The Hall–Kier alpha value is -2.41. The molecule has 0 aliphatic heterocycles. The predicted octanol–water partition coefficient (Wildman–Crippen LogP) is 2.52. The van der Waals surface area contributed by atoms with E-state index in [1.54, 1.807) is 55.6 Å². The van der Waals surface area contributed by atoms with Crippen molar-refractivity contribution in [2.24, 2.45) is 0 Å². The summed E-state index contributed by atoms with van der Waals surface area (Å²) in [4.78, 5) is 0. The van der Waals surface area contributed by atoms with Gasteiger partial charge >= 0.3 is 0 Å². The largest absolute Gasteiger partial charge is 0.497 e. The Morgan fingerprint density at radius 2 is 1.57 bits per heavy atom. The van der Waals surface area contributed by atoms with Gasteiger partial charge in [0, 0.05) is 6.07 Å². The number of ether oxygens (including phenoxy) is 3. The minimum Gasteiger partial charge on any atom is -0.497 e. The van der Waals surface area contributed by atoms with Crippen LogP contribution in [0, 0.1) is 0 Å². The van der Waals surface area contributed by atoms with Gasteiger partial charge in [0.25, 0.3) is 0 Å². The molecule has 0 aliphatic rings. The second-order valence-corrected chi connectivity index (χ2v) is 6.52. The Labute approximate surface area is 136 Å². The van der Waals surface area contributed by atoms with Crippen LogP contribution in [-0.4, -0.2) is 35.0 Å². The van der Waals surface area contributed by atoms with E-state index in [0.717, 1.165) is 0 Å². The molecule has 7 heteroatoms.